The Hall–Kier alpha value is -0.680. The van der Waals surface area contributed by atoms with Gasteiger partial charge in [0.25, 0.3) is 0 Å². The molecule has 4 heteroatoms. The SMILES string of the molecule is NCC(CO)(Cc1cc(Br)cs1)c1ccccc1. The first kappa shape index (κ1) is 13.7. The van der Waals surface area contributed by atoms with Crippen LogP contribution in [-0.4, -0.2) is 18.3 Å². The average molecular weight is 326 g/mol. The molecule has 1 atom stereocenters. The van der Waals surface area contributed by atoms with Gasteiger partial charge < -0.3 is 10.8 Å². The fourth-order valence-electron chi connectivity index (χ4n) is 2.08. The lowest BCUT2D eigenvalue weighted by Crippen LogP contribution is -2.40. The van der Waals surface area contributed by atoms with Gasteiger partial charge >= 0.3 is 0 Å². The number of rotatable bonds is 5. The lowest BCUT2D eigenvalue weighted by molar-refractivity contribution is 0.197. The summed E-state index contributed by atoms with van der Waals surface area (Å²) in [6.07, 6.45) is 0.764. The molecule has 0 aliphatic carbocycles. The van der Waals surface area contributed by atoms with E-state index in [1.807, 2.05) is 30.3 Å². The maximum absolute atomic E-state index is 9.81. The quantitative estimate of drug-likeness (QED) is 0.887. The molecule has 1 aromatic carbocycles. The van der Waals surface area contributed by atoms with E-state index in [2.05, 4.69) is 27.4 Å². The molecule has 0 radical (unpaired) electrons. The fourth-order valence-corrected chi connectivity index (χ4v) is 3.67. The minimum absolute atomic E-state index is 0.0586. The lowest BCUT2D eigenvalue weighted by atomic mass is 9.78. The highest BCUT2D eigenvalue weighted by molar-refractivity contribution is 9.10. The van der Waals surface area contributed by atoms with Crippen molar-refractivity contribution in [2.45, 2.75) is 11.8 Å². The van der Waals surface area contributed by atoms with Crippen molar-refractivity contribution >= 4 is 27.3 Å². The summed E-state index contributed by atoms with van der Waals surface area (Å²) in [7, 11) is 0. The normalized spacial score (nSPS) is 14.4. The maximum Gasteiger partial charge on any atom is 0.0543 e. The molecule has 1 unspecified atom stereocenters. The largest absolute Gasteiger partial charge is 0.395 e. The van der Waals surface area contributed by atoms with Crippen LogP contribution in [-0.2, 0) is 11.8 Å². The monoisotopic (exact) mass is 325 g/mol. The van der Waals surface area contributed by atoms with E-state index in [9.17, 15) is 5.11 Å². The summed E-state index contributed by atoms with van der Waals surface area (Å²) in [4.78, 5) is 1.23. The highest BCUT2D eigenvalue weighted by Crippen LogP contribution is 2.31. The molecule has 0 aliphatic rings. The zero-order valence-corrected chi connectivity index (χ0v) is 12.4. The summed E-state index contributed by atoms with van der Waals surface area (Å²) in [6.45, 7) is 0.492. The van der Waals surface area contributed by atoms with Crippen molar-refractivity contribution in [1.29, 1.82) is 0 Å². The molecular weight excluding hydrogens is 310 g/mol. The van der Waals surface area contributed by atoms with Crippen LogP contribution in [0.2, 0.25) is 0 Å². The Balaban J connectivity index is 2.32. The first-order chi connectivity index (χ1) is 8.70. The van der Waals surface area contributed by atoms with Crippen LogP contribution in [0.5, 0.6) is 0 Å². The Labute approximate surface area is 120 Å². The number of thiophene rings is 1. The molecule has 0 bridgehead atoms. The number of halogens is 1. The van der Waals surface area contributed by atoms with Gasteiger partial charge in [-0.2, -0.15) is 0 Å². The number of hydrogen-bond donors (Lipinski definition) is 2. The van der Waals surface area contributed by atoms with Crippen molar-refractivity contribution in [2.24, 2.45) is 5.73 Å². The highest BCUT2D eigenvalue weighted by Gasteiger charge is 2.30. The third-order valence-electron chi connectivity index (χ3n) is 3.21. The van der Waals surface area contributed by atoms with Gasteiger partial charge in [0.05, 0.1) is 6.61 Å². The Bertz CT molecular complexity index is 494. The second-order valence-corrected chi connectivity index (χ2v) is 6.33. The van der Waals surface area contributed by atoms with Gasteiger partial charge in [-0.25, -0.2) is 0 Å². The summed E-state index contributed by atoms with van der Waals surface area (Å²) in [5.41, 5.74) is 6.65. The molecule has 0 aliphatic heterocycles. The minimum atomic E-state index is -0.383. The van der Waals surface area contributed by atoms with Gasteiger partial charge in [0, 0.05) is 26.7 Å². The van der Waals surface area contributed by atoms with Crippen molar-refractivity contribution in [3.05, 3.63) is 56.7 Å². The van der Waals surface area contributed by atoms with E-state index >= 15 is 0 Å². The van der Waals surface area contributed by atoms with E-state index in [4.69, 9.17) is 5.73 Å². The molecule has 2 nitrogen and oxygen atoms in total. The number of benzene rings is 1. The summed E-state index contributed by atoms with van der Waals surface area (Å²) in [5, 5.41) is 11.9. The molecule has 18 heavy (non-hydrogen) atoms. The molecule has 1 heterocycles. The van der Waals surface area contributed by atoms with Gasteiger partial charge in [-0.05, 0) is 34.0 Å². The van der Waals surface area contributed by atoms with Crippen LogP contribution in [0, 0.1) is 0 Å². The minimum Gasteiger partial charge on any atom is -0.395 e. The van der Waals surface area contributed by atoms with E-state index in [-0.39, 0.29) is 12.0 Å². The molecule has 2 aromatic rings. The van der Waals surface area contributed by atoms with Gasteiger partial charge in [-0.3, -0.25) is 0 Å². The number of nitrogens with two attached hydrogens (primary N) is 1. The lowest BCUT2D eigenvalue weighted by Gasteiger charge is -2.30. The molecule has 2 rings (SSSR count). The van der Waals surface area contributed by atoms with Gasteiger partial charge in [0.15, 0.2) is 0 Å². The molecule has 96 valence electrons. The second-order valence-electron chi connectivity index (χ2n) is 4.42. The molecule has 3 N–H and O–H groups in total. The highest BCUT2D eigenvalue weighted by atomic mass is 79.9. The van der Waals surface area contributed by atoms with Crippen molar-refractivity contribution in [1.82, 2.24) is 0 Å². The molecule has 1 aromatic heterocycles. The van der Waals surface area contributed by atoms with Gasteiger partial charge in [-0.1, -0.05) is 30.3 Å². The van der Waals surface area contributed by atoms with Crippen molar-refractivity contribution in [3.8, 4) is 0 Å². The maximum atomic E-state index is 9.81. The summed E-state index contributed by atoms with van der Waals surface area (Å²) in [5.74, 6) is 0. The van der Waals surface area contributed by atoms with Crippen molar-refractivity contribution in [3.63, 3.8) is 0 Å². The number of aliphatic hydroxyl groups excluding tert-OH is 1. The standard InChI is InChI=1S/C14H16BrNOS/c15-12-6-13(18-8-12)7-14(9-16,10-17)11-4-2-1-3-5-11/h1-6,8,17H,7,9-10,16H2. The molecule has 0 fully saturated rings. The molecule has 0 saturated carbocycles. The zero-order valence-electron chi connectivity index (χ0n) is 9.97. The van der Waals surface area contributed by atoms with Crippen LogP contribution >= 0.6 is 27.3 Å². The van der Waals surface area contributed by atoms with Crippen molar-refractivity contribution < 1.29 is 5.11 Å². The van der Waals surface area contributed by atoms with Crippen LogP contribution in [0.25, 0.3) is 0 Å². The number of aliphatic hydroxyl groups is 1. The molecule has 0 amide bonds. The molecule has 0 saturated heterocycles. The van der Waals surface area contributed by atoms with E-state index < -0.39 is 0 Å². The van der Waals surface area contributed by atoms with Crippen LogP contribution in [0.1, 0.15) is 10.4 Å². The zero-order chi connectivity index (χ0) is 13.0. The second kappa shape index (κ2) is 5.97. The van der Waals surface area contributed by atoms with Crippen LogP contribution in [0.3, 0.4) is 0 Å². The van der Waals surface area contributed by atoms with E-state index in [0.29, 0.717) is 6.54 Å². The van der Waals surface area contributed by atoms with Gasteiger partial charge in [-0.15, -0.1) is 11.3 Å². The third-order valence-corrected chi connectivity index (χ3v) is 4.91. The first-order valence-corrected chi connectivity index (χ1v) is 7.47. The predicted octanol–water partition coefficient (Wildman–Crippen LogP) is 2.94. The number of hydrogen-bond acceptors (Lipinski definition) is 3. The van der Waals surface area contributed by atoms with E-state index in [0.717, 1.165) is 16.5 Å². The summed E-state index contributed by atoms with van der Waals surface area (Å²) < 4.78 is 1.08. The van der Waals surface area contributed by atoms with Crippen molar-refractivity contribution in [2.75, 3.05) is 13.2 Å². The molecular formula is C14H16BrNOS. The summed E-state index contributed by atoms with van der Waals surface area (Å²) >= 11 is 5.14. The Morgan fingerprint density at radius 1 is 1.28 bits per heavy atom. The summed E-state index contributed by atoms with van der Waals surface area (Å²) in [6, 6.07) is 12.1. The first-order valence-electron chi connectivity index (χ1n) is 5.79. The average Bonchev–Trinajstić information content (AvgIpc) is 2.82. The topological polar surface area (TPSA) is 46.2 Å². The van der Waals surface area contributed by atoms with Crippen LogP contribution < -0.4 is 5.73 Å². The van der Waals surface area contributed by atoms with E-state index in [1.54, 1.807) is 11.3 Å². The molecule has 0 spiro atoms. The fraction of sp³-hybridized carbons (Fsp3) is 0.286. The predicted molar refractivity (Wildman–Crippen MR) is 80.0 cm³/mol. The Morgan fingerprint density at radius 3 is 2.50 bits per heavy atom. The Morgan fingerprint density at radius 2 is 2.00 bits per heavy atom. The smallest absolute Gasteiger partial charge is 0.0543 e. The van der Waals surface area contributed by atoms with Crippen LogP contribution in [0.4, 0.5) is 0 Å². The third kappa shape index (κ3) is 2.83. The Kier molecular flexibility index (Phi) is 4.56. The van der Waals surface area contributed by atoms with Crippen LogP contribution in [0.15, 0.2) is 46.3 Å². The van der Waals surface area contributed by atoms with E-state index in [1.165, 1.54) is 4.88 Å². The van der Waals surface area contributed by atoms with Gasteiger partial charge in [0.2, 0.25) is 0 Å². The van der Waals surface area contributed by atoms with Gasteiger partial charge in [0.1, 0.15) is 0 Å².